The van der Waals surface area contributed by atoms with Crippen LogP contribution in [0.4, 0.5) is 0 Å². The zero-order valence-corrected chi connectivity index (χ0v) is 15.9. The summed E-state index contributed by atoms with van der Waals surface area (Å²) in [4.78, 5) is 33.8. The van der Waals surface area contributed by atoms with Gasteiger partial charge in [-0.05, 0) is 38.7 Å². The minimum Gasteiger partial charge on any atom is -0.448 e. The zero-order valence-electron chi connectivity index (χ0n) is 15.9. The number of benzene rings is 1. The number of rotatable bonds is 3. The quantitative estimate of drug-likeness (QED) is 0.837. The van der Waals surface area contributed by atoms with E-state index in [0.29, 0.717) is 31.1 Å². The third-order valence-corrected chi connectivity index (χ3v) is 5.87. The van der Waals surface area contributed by atoms with E-state index in [1.54, 1.807) is 11.8 Å². The van der Waals surface area contributed by atoms with Gasteiger partial charge in [-0.1, -0.05) is 29.8 Å². The highest BCUT2D eigenvalue weighted by atomic mass is 16.3. The maximum atomic E-state index is 13.3. The average molecular weight is 367 g/mol. The Morgan fingerprint density at radius 2 is 2.11 bits per heavy atom. The van der Waals surface area contributed by atoms with Gasteiger partial charge in [0, 0.05) is 26.2 Å². The molecule has 0 saturated carbocycles. The Kier molecular flexibility index (Phi) is 4.50. The largest absolute Gasteiger partial charge is 0.448 e. The average Bonchev–Trinajstić information content (AvgIpc) is 3.26. The molecule has 2 aliphatic heterocycles. The van der Waals surface area contributed by atoms with E-state index in [9.17, 15) is 9.59 Å². The second kappa shape index (κ2) is 6.83. The molecule has 1 aromatic heterocycles. The molecule has 1 atom stereocenters. The number of oxazole rings is 1. The van der Waals surface area contributed by atoms with Crippen LogP contribution in [0.3, 0.4) is 0 Å². The van der Waals surface area contributed by atoms with Crippen LogP contribution in [0, 0.1) is 19.3 Å². The van der Waals surface area contributed by atoms with Crippen molar-refractivity contribution in [1.82, 2.24) is 14.8 Å². The molecule has 2 aliphatic rings. The van der Waals surface area contributed by atoms with Gasteiger partial charge in [-0.2, -0.15) is 0 Å². The van der Waals surface area contributed by atoms with Crippen molar-refractivity contribution in [3.63, 3.8) is 0 Å². The number of amides is 2. The minimum absolute atomic E-state index is 0.137. The van der Waals surface area contributed by atoms with Crippen molar-refractivity contribution >= 4 is 11.8 Å². The van der Waals surface area contributed by atoms with Crippen molar-refractivity contribution in [1.29, 1.82) is 0 Å². The number of nitrogens with zero attached hydrogens (tertiary/aromatic N) is 3. The Labute approximate surface area is 159 Å². The first-order valence-electron chi connectivity index (χ1n) is 9.53. The summed E-state index contributed by atoms with van der Waals surface area (Å²) in [6.45, 7) is 6.29. The Bertz CT molecular complexity index is 875. The lowest BCUT2D eigenvalue weighted by Gasteiger charge is -2.39. The van der Waals surface area contributed by atoms with Crippen LogP contribution in [-0.2, 0) is 11.3 Å². The molecule has 6 nitrogen and oxygen atoms in total. The van der Waals surface area contributed by atoms with E-state index in [1.807, 2.05) is 11.0 Å². The highest BCUT2D eigenvalue weighted by Gasteiger charge is 2.49. The van der Waals surface area contributed by atoms with Gasteiger partial charge in [0.25, 0.3) is 5.91 Å². The molecule has 2 aromatic rings. The molecule has 27 heavy (non-hydrogen) atoms. The molecule has 2 saturated heterocycles. The summed E-state index contributed by atoms with van der Waals surface area (Å²) in [5.41, 5.74) is 2.26. The van der Waals surface area contributed by atoms with E-state index < -0.39 is 5.41 Å². The Hall–Kier alpha value is -2.63. The fourth-order valence-corrected chi connectivity index (χ4v) is 4.42. The van der Waals surface area contributed by atoms with Gasteiger partial charge in [0.1, 0.15) is 5.76 Å². The van der Waals surface area contributed by atoms with Gasteiger partial charge >= 0.3 is 0 Å². The van der Waals surface area contributed by atoms with Crippen LogP contribution in [0.5, 0.6) is 0 Å². The van der Waals surface area contributed by atoms with E-state index in [2.05, 4.69) is 30.1 Å². The van der Waals surface area contributed by atoms with Gasteiger partial charge in [0.15, 0.2) is 12.1 Å². The highest BCUT2D eigenvalue weighted by Crippen LogP contribution is 2.41. The highest BCUT2D eigenvalue weighted by molar-refractivity contribution is 5.94. The lowest BCUT2D eigenvalue weighted by molar-refractivity contribution is -0.146. The van der Waals surface area contributed by atoms with E-state index in [-0.39, 0.29) is 11.8 Å². The normalized spacial score (nSPS) is 22.7. The smallest absolute Gasteiger partial charge is 0.276 e. The molecule has 1 spiro atoms. The summed E-state index contributed by atoms with van der Waals surface area (Å²) in [7, 11) is 0. The van der Waals surface area contributed by atoms with E-state index in [4.69, 9.17) is 4.42 Å². The Morgan fingerprint density at radius 3 is 2.85 bits per heavy atom. The molecule has 0 N–H and O–H groups in total. The molecule has 3 heterocycles. The topological polar surface area (TPSA) is 66.7 Å². The number of likely N-dealkylation sites (tertiary alicyclic amines) is 2. The molecule has 0 aliphatic carbocycles. The van der Waals surface area contributed by atoms with E-state index >= 15 is 0 Å². The van der Waals surface area contributed by atoms with Gasteiger partial charge in [-0.3, -0.25) is 9.59 Å². The maximum absolute atomic E-state index is 13.3. The molecule has 1 aromatic carbocycles. The standard InChI is InChI=1S/C21H25N3O3/c1-15-5-3-6-17(11-15)12-23-9-4-7-21(20(23)26)8-10-24(13-21)19(25)18-16(2)27-14-22-18/h3,5-6,11,14H,4,7-10,12-13H2,1-2H3. The van der Waals surface area contributed by atoms with Gasteiger partial charge in [-0.25, -0.2) is 4.98 Å². The maximum Gasteiger partial charge on any atom is 0.276 e. The predicted octanol–water partition coefficient (Wildman–Crippen LogP) is 2.95. The fraction of sp³-hybridized carbons (Fsp3) is 0.476. The molecule has 6 heteroatoms. The molecule has 1 unspecified atom stereocenters. The van der Waals surface area contributed by atoms with Crippen molar-refractivity contribution in [3.05, 3.63) is 53.2 Å². The third kappa shape index (κ3) is 3.24. The number of hydrogen-bond acceptors (Lipinski definition) is 4. The molecule has 0 radical (unpaired) electrons. The van der Waals surface area contributed by atoms with Crippen molar-refractivity contribution in [3.8, 4) is 0 Å². The first-order chi connectivity index (χ1) is 13.0. The van der Waals surface area contributed by atoms with E-state index in [0.717, 1.165) is 31.4 Å². The summed E-state index contributed by atoms with van der Waals surface area (Å²) >= 11 is 0. The van der Waals surface area contributed by atoms with Crippen LogP contribution >= 0.6 is 0 Å². The van der Waals surface area contributed by atoms with Crippen LogP contribution in [-0.4, -0.2) is 46.2 Å². The number of carbonyl (C=O) groups excluding carboxylic acids is 2. The Morgan fingerprint density at radius 1 is 1.26 bits per heavy atom. The molecule has 2 amide bonds. The van der Waals surface area contributed by atoms with Crippen molar-refractivity contribution in [2.24, 2.45) is 5.41 Å². The summed E-state index contributed by atoms with van der Waals surface area (Å²) in [5.74, 6) is 0.571. The summed E-state index contributed by atoms with van der Waals surface area (Å²) < 4.78 is 5.16. The van der Waals surface area contributed by atoms with Crippen molar-refractivity contribution in [2.75, 3.05) is 19.6 Å². The molecular formula is C21H25N3O3. The van der Waals surface area contributed by atoms with Crippen molar-refractivity contribution in [2.45, 2.75) is 39.7 Å². The van der Waals surface area contributed by atoms with Gasteiger partial charge in [0.2, 0.25) is 5.91 Å². The minimum atomic E-state index is -0.449. The summed E-state index contributed by atoms with van der Waals surface area (Å²) in [6, 6.07) is 8.30. The van der Waals surface area contributed by atoms with Gasteiger partial charge in [-0.15, -0.1) is 0 Å². The number of hydrogen-bond donors (Lipinski definition) is 0. The predicted molar refractivity (Wildman–Crippen MR) is 100 cm³/mol. The molecular weight excluding hydrogens is 342 g/mol. The van der Waals surface area contributed by atoms with Crippen LogP contribution in [0.2, 0.25) is 0 Å². The monoisotopic (exact) mass is 367 g/mol. The lowest BCUT2D eigenvalue weighted by atomic mass is 9.78. The van der Waals surface area contributed by atoms with Crippen molar-refractivity contribution < 1.29 is 14.0 Å². The molecule has 4 rings (SSSR count). The molecule has 142 valence electrons. The lowest BCUT2D eigenvalue weighted by Crippen LogP contribution is -2.50. The van der Waals surface area contributed by atoms with Gasteiger partial charge < -0.3 is 14.2 Å². The first kappa shape index (κ1) is 17.8. The Balaban J connectivity index is 1.49. The van der Waals surface area contributed by atoms with Crippen LogP contribution in [0.25, 0.3) is 0 Å². The molecule has 0 bridgehead atoms. The second-order valence-electron chi connectivity index (χ2n) is 7.83. The zero-order chi connectivity index (χ0) is 19.0. The number of aromatic nitrogens is 1. The summed E-state index contributed by atoms with van der Waals surface area (Å²) in [6.07, 6.45) is 3.84. The first-order valence-corrected chi connectivity index (χ1v) is 9.53. The van der Waals surface area contributed by atoms with Crippen LogP contribution in [0.15, 0.2) is 35.1 Å². The second-order valence-corrected chi connectivity index (χ2v) is 7.83. The van der Waals surface area contributed by atoms with Crippen LogP contribution < -0.4 is 0 Å². The number of aryl methyl sites for hydroxylation is 2. The SMILES string of the molecule is Cc1cccc(CN2CCCC3(CCN(C(=O)c4ncoc4C)C3)C2=O)c1. The van der Waals surface area contributed by atoms with Gasteiger partial charge in [0.05, 0.1) is 5.41 Å². The number of piperidine rings is 1. The number of carbonyl (C=O) groups is 2. The summed E-state index contributed by atoms with van der Waals surface area (Å²) in [5, 5.41) is 0. The fourth-order valence-electron chi connectivity index (χ4n) is 4.42. The van der Waals surface area contributed by atoms with E-state index in [1.165, 1.54) is 12.0 Å². The van der Waals surface area contributed by atoms with Crippen LogP contribution in [0.1, 0.15) is 46.6 Å². The molecule has 2 fully saturated rings. The third-order valence-electron chi connectivity index (χ3n) is 5.87.